The van der Waals surface area contributed by atoms with E-state index in [0.717, 1.165) is 0 Å². The van der Waals surface area contributed by atoms with Gasteiger partial charge in [-0.2, -0.15) is 0 Å². The van der Waals surface area contributed by atoms with Gasteiger partial charge in [0.2, 0.25) is 0 Å². The standard InChI is InChI=1S/C15H13F2NO2/c1-18(12-4-2-3-11(16)8-12)9-10-5-6-13(15(19)20)14(17)7-10/h2-8H,9H2,1H3,(H,19,20). The summed E-state index contributed by atoms with van der Waals surface area (Å²) in [7, 11) is 1.75. The number of aromatic carboxylic acids is 1. The monoisotopic (exact) mass is 277 g/mol. The van der Waals surface area contributed by atoms with Crippen LogP contribution < -0.4 is 4.90 Å². The van der Waals surface area contributed by atoms with E-state index in [1.54, 1.807) is 30.1 Å². The minimum absolute atomic E-state index is 0.346. The molecule has 0 unspecified atom stereocenters. The van der Waals surface area contributed by atoms with Gasteiger partial charge in [-0.05, 0) is 35.9 Å². The molecule has 0 saturated heterocycles. The summed E-state index contributed by atoms with van der Waals surface area (Å²) in [4.78, 5) is 12.5. The first-order chi connectivity index (χ1) is 9.47. The quantitative estimate of drug-likeness (QED) is 0.932. The van der Waals surface area contributed by atoms with Crippen LogP contribution in [0, 0.1) is 11.6 Å². The van der Waals surface area contributed by atoms with E-state index >= 15 is 0 Å². The molecule has 2 aromatic carbocycles. The lowest BCUT2D eigenvalue weighted by molar-refractivity contribution is 0.0692. The Hall–Kier alpha value is -2.43. The maximum absolute atomic E-state index is 13.6. The molecule has 104 valence electrons. The molecular formula is C15H13F2NO2. The first-order valence-corrected chi connectivity index (χ1v) is 5.96. The average Bonchev–Trinajstić information content (AvgIpc) is 2.38. The highest BCUT2D eigenvalue weighted by Crippen LogP contribution is 2.18. The third-order valence-electron chi connectivity index (χ3n) is 2.93. The summed E-state index contributed by atoms with van der Waals surface area (Å²) in [6, 6.07) is 10.0. The van der Waals surface area contributed by atoms with Crippen molar-refractivity contribution in [3.63, 3.8) is 0 Å². The maximum Gasteiger partial charge on any atom is 0.338 e. The number of halogens is 2. The van der Waals surface area contributed by atoms with Gasteiger partial charge in [0.25, 0.3) is 0 Å². The molecule has 0 saturated carbocycles. The minimum atomic E-state index is -1.30. The van der Waals surface area contributed by atoms with Crippen LogP contribution >= 0.6 is 0 Å². The van der Waals surface area contributed by atoms with E-state index in [0.29, 0.717) is 17.8 Å². The molecule has 0 amide bonds. The fraction of sp³-hybridized carbons (Fsp3) is 0.133. The fourth-order valence-electron chi connectivity index (χ4n) is 1.91. The Labute approximate surface area is 115 Å². The van der Waals surface area contributed by atoms with Gasteiger partial charge in [0.15, 0.2) is 0 Å². The van der Waals surface area contributed by atoms with Crippen molar-refractivity contribution in [3.05, 3.63) is 65.2 Å². The van der Waals surface area contributed by atoms with Gasteiger partial charge in [-0.1, -0.05) is 12.1 Å². The molecule has 0 aromatic heterocycles. The number of carboxylic acids is 1. The molecule has 1 N–H and O–H groups in total. The predicted molar refractivity (Wildman–Crippen MR) is 71.9 cm³/mol. The lowest BCUT2D eigenvalue weighted by Gasteiger charge is -2.19. The molecule has 0 aliphatic carbocycles. The van der Waals surface area contributed by atoms with Gasteiger partial charge in [-0.3, -0.25) is 0 Å². The Morgan fingerprint density at radius 1 is 1.20 bits per heavy atom. The second-order valence-electron chi connectivity index (χ2n) is 4.46. The largest absolute Gasteiger partial charge is 0.478 e. The zero-order chi connectivity index (χ0) is 14.7. The number of hydrogen-bond acceptors (Lipinski definition) is 2. The summed E-state index contributed by atoms with van der Waals surface area (Å²) in [5.74, 6) is -2.42. The lowest BCUT2D eigenvalue weighted by Crippen LogP contribution is -2.16. The van der Waals surface area contributed by atoms with Gasteiger partial charge < -0.3 is 10.0 Å². The van der Waals surface area contributed by atoms with Crippen molar-refractivity contribution in [2.75, 3.05) is 11.9 Å². The van der Waals surface area contributed by atoms with Crippen LogP contribution in [0.4, 0.5) is 14.5 Å². The van der Waals surface area contributed by atoms with Crippen molar-refractivity contribution in [1.29, 1.82) is 0 Å². The van der Waals surface area contributed by atoms with Crippen molar-refractivity contribution in [2.45, 2.75) is 6.54 Å². The van der Waals surface area contributed by atoms with E-state index in [1.807, 2.05) is 0 Å². The van der Waals surface area contributed by atoms with Crippen molar-refractivity contribution in [2.24, 2.45) is 0 Å². The van der Waals surface area contributed by atoms with E-state index in [4.69, 9.17) is 5.11 Å². The van der Waals surface area contributed by atoms with Crippen LogP contribution in [0.15, 0.2) is 42.5 Å². The molecule has 20 heavy (non-hydrogen) atoms. The SMILES string of the molecule is CN(Cc1ccc(C(=O)O)c(F)c1)c1cccc(F)c1. The van der Waals surface area contributed by atoms with E-state index in [1.165, 1.54) is 24.3 Å². The topological polar surface area (TPSA) is 40.5 Å². The van der Waals surface area contributed by atoms with Gasteiger partial charge in [0, 0.05) is 19.3 Å². The van der Waals surface area contributed by atoms with Crippen LogP contribution in [0.2, 0.25) is 0 Å². The average molecular weight is 277 g/mol. The number of benzene rings is 2. The summed E-state index contributed by atoms with van der Waals surface area (Å²) in [5.41, 5.74) is 0.911. The van der Waals surface area contributed by atoms with Crippen LogP contribution in [0.25, 0.3) is 0 Å². The van der Waals surface area contributed by atoms with Crippen LogP contribution in [-0.2, 0) is 6.54 Å². The third kappa shape index (κ3) is 3.12. The number of hydrogen-bond donors (Lipinski definition) is 1. The second kappa shape index (κ2) is 5.69. The third-order valence-corrected chi connectivity index (χ3v) is 2.93. The Balaban J connectivity index is 2.18. The van der Waals surface area contributed by atoms with E-state index in [-0.39, 0.29) is 11.4 Å². The predicted octanol–water partition coefficient (Wildman–Crippen LogP) is 3.30. The second-order valence-corrected chi connectivity index (χ2v) is 4.46. The summed E-state index contributed by atoms with van der Waals surface area (Å²) < 4.78 is 26.7. The molecule has 0 atom stereocenters. The molecule has 2 aromatic rings. The molecule has 0 aliphatic heterocycles. The molecule has 0 spiro atoms. The number of anilines is 1. The zero-order valence-corrected chi connectivity index (χ0v) is 10.8. The molecule has 5 heteroatoms. The Morgan fingerprint density at radius 3 is 2.55 bits per heavy atom. The summed E-state index contributed by atoms with van der Waals surface area (Å²) in [6.45, 7) is 0.347. The highest BCUT2D eigenvalue weighted by molar-refractivity contribution is 5.87. The first-order valence-electron chi connectivity index (χ1n) is 5.96. The maximum atomic E-state index is 13.6. The molecular weight excluding hydrogens is 264 g/mol. The van der Waals surface area contributed by atoms with Gasteiger partial charge in [0.05, 0.1) is 5.56 Å². The first kappa shape index (κ1) is 14.0. The summed E-state index contributed by atoms with van der Waals surface area (Å²) in [5, 5.41) is 8.75. The highest BCUT2D eigenvalue weighted by atomic mass is 19.1. The van der Waals surface area contributed by atoms with Crippen molar-refractivity contribution in [3.8, 4) is 0 Å². The van der Waals surface area contributed by atoms with E-state index in [2.05, 4.69) is 0 Å². The number of carbonyl (C=O) groups is 1. The van der Waals surface area contributed by atoms with Gasteiger partial charge in [0.1, 0.15) is 11.6 Å². The Kier molecular flexibility index (Phi) is 3.98. The van der Waals surface area contributed by atoms with Crippen molar-refractivity contribution >= 4 is 11.7 Å². The molecule has 0 radical (unpaired) electrons. The Bertz CT molecular complexity index is 644. The summed E-state index contributed by atoms with van der Waals surface area (Å²) >= 11 is 0. The van der Waals surface area contributed by atoms with Gasteiger partial charge in [-0.25, -0.2) is 13.6 Å². The normalized spacial score (nSPS) is 10.3. The lowest BCUT2D eigenvalue weighted by atomic mass is 10.1. The minimum Gasteiger partial charge on any atom is -0.478 e. The van der Waals surface area contributed by atoms with Crippen molar-refractivity contribution in [1.82, 2.24) is 0 Å². The number of carboxylic acid groups (broad SMARTS) is 1. The summed E-state index contributed by atoms with van der Waals surface area (Å²) in [6.07, 6.45) is 0. The molecule has 0 bridgehead atoms. The van der Waals surface area contributed by atoms with Crippen LogP contribution in [-0.4, -0.2) is 18.1 Å². The smallest absolute Gasteiger partial charge is 0.338 e. The van der Waals surface area contributed by atoms with E-state index < -0.39 is 11.8 Å². The Morgan fingerprint density at radius 2 is 1.95 bits per heavy atom. The highest BCUT2D eigenvalue weighted by Gasteiger charge is 2.11. The molecule has 0 fully saturated rings. The zero-order valence-electron chi connectivity index (χ0n) is 10.8. The number of nitrogens with zero attached hydrogens (tertiary/aromatic N) is 1. The molecule has 2 rings (SSSR count). The number of rotatable bonds is 4. The fourth-order valence-corrected chi connectivity index (χ4v) is 1.91. The van der Waals surface area contributed by atoms with E-state index in [9.17, 15) is 13.6 Å². The van der Waals surface area contributed by atoms with Crippen LogP contribution in [0.3, 0.4) is 0 Å². The molecule has 0 heterocycles. The molecule has 3 nitrogen and oxygen atoms in total. The van der Waals surface area contributed by atoms with Gasteiger partial charge >= 0.3 is 5.97 Å². The van der Waals surface area contributed by atoms with Crippen molar-refractivity contribution < 1.29 is 18.7 Å². The van der Waals surface area contributed by atoms with Gasteiger partial charge in [-0.15, -0.1) is 0 Å². The molecule has 0 aliphatic rings. The van der Waals surface area contributed by atoms with Crippen LogP contribution in [0.5, 0.6) is 0 Å². The van der Waals surface area contributed by atoms with Crippen LogP contribution in [0.1, 0.15) is 15.9 Å².